The van der Waals surface area contributed by atoms with Crippen LogP contribution in [0, 0.1) is 52.3 Å². The zero-order valence-electron chi connectivity index (χ0n) is 31.2. The van der Waals surface area contributed by atoms with E-state index in [1.54, 1.807) is 0 Å². The van der Waals surface area contributed by atoms with E-state index < -0.39 is 6.16 Å². The molecule has 5 rings (SSSR count). The lowest BCUT2D eigenvalue weighted by atomic mass is 9.52. The third-order valence-electron chi connectivity index (χ3n) is 15.0. The molecule has 0 amide bonds. The fourth-order valence-electron chi connectivity index (χ4n) is 11.8. The molecule has 0 aromatic heterocycles. The predicted octanol–water partition coefficient (Wildman–Crippen LogP) is 10.7. The Labute approximate surface area is 287 Å². The smallest absolute Gasteiger partial charge is 0.463 e. The van der Waals surface area contributed by atoms with Crippen LogP contribution in [0.1, 0.15) is 164 Å². The average molecular weight is 659 g/mol. The summed E-state index contributed by atoms with van der Waals surface area (Å²) in [7, 11) is 1.86. The Bertz CT molecular complexity index is 1000. The highest BCUT2D eigenvalue weighted by molar-refractivity contribution is 5.66. The molecule has 5 aliphatic rings. The molecule has 270 valence electrons. The summed E-state index contributed by atoms with van der Waals surface area (Å²) in [5, 5.41) is 0. The molecule has 7 unspecified atom stereocenters. The highest BCUT2D eigenvalue weighted by Gasteiger charge is 2.49. The van der Waals surface area contributed by atoms with Gasteiger partial charge in [0.15, 0.2) is 0 Å². The van der Waals surface area contributed by atoms with Crippen molar-refractivity contribution in [3.05, 3.63) is 0 Å². The first-order valence-electron chi connectivity index (χ1n) is 20.0. The summed E-state index contributed by atoms with van der Waals surface area (Å²) in [5.41, 5.74) is 0.606. The van der Waals surface area contributed by atoms with Crippen molar-refractivity contribution in [1.82, 2.24) is 0 Å². The van der Waals surface area contributed by atoms with Crippen LogP contribution in [0.3, 0.4) is 0 Å². The summed E-state index contributed by atoms with van der Waals surface area (Å²) in [6, 6.07) is 0. The Hall–Kier alpha value is -1.30. The number of rotatable bonds is 9. The molecule has 7 atom stereocenters. The maximum Gasteiger partial charge on any atom is 0.508 e. The van der Waals surface area contributed by atoms with E-state index >= 15 is 0 Å². The van der Waals surface area contributed by atoms with Gasteiger partial charge in [-0.15, -0.1) is 0 Å². The molecule has 0 spiro atoms. The van der Waals surface area contributed by atoms with Gasteiger partial charge in [-0.25, -0.2) is 4.79 Å². The predicted molar refractivity (Wildman–Crippen MR) is 187 cm³/mol. The topological polar surface area (TPSA) is 71.1 Å². The van der Waals surface area contributed by atoms with Crippen LogP contribution in [-0.4, -0.2) is 43.7 Å². The van der Waals surface area contributed by atoms with Gasteiger partial charge in [0.25, 0.3) is 0 Å². The Kier molecular flexibility index (Phi) is 12.7. The van der Waals surface area contributed by atoms with Crippen LogP contribution in [0.2, 0.25) is 0 Å². The van der Waals surface area contributed by atoms with Gasteiger partial charge in [0.05, 0.1) is 6.10 Å². The van der Waals surface area contributed by atoms with Crippen molar-refractivity contribution in [3.63, 3.8) is 0 Å². The molecule has 5 aliphatic carbocycles. The Morgan fingerprint density at radius 3 is 1.45 bits per heavy atom. The Morgan fingerprint density at radius 1 is 0.532 bits per heavy atom. The molecular formula is C41H70O6. The maximum absolute atomic E-state index is 13.1. The van der Waals surface area contributed by atoms with E-state index in [9.17, 15) is 9.59 Å². The number of carbonyl (C=O) groups excluding carboxylic acids is 2. The van der Waals surface area contributed by atoms with E-state index in [0.29, 0.717) is 46.5 Å². The first-order valence-corrected chi connectivity index (χ1v) is 20.0. The van der Waals surface area contributed by atoms with Crippen molar-refractivity contribution >= 4 is 12.1 Å². The van der Waals surface area contributed by atoms with Crippen molar-refractivity contribution in [2.24, 2.45) is 52.3 Å². The third kappa shape index (κ3) is 8.72. The molecular weight excluding hydrogens is 588 g/mol. The van der Waals surface area contributed by atoms with Crippen LogP contribution in [0.15, 0.2) is 0 Å². The fraction of sp³-hybridized carbons (Fsp3) is 0.951. The molecule has 0 aromatic rings. The lowest BCUT2D eigenvalue weighted by Crippen LogP contribution is -2.46. The third-order valence-corrected chi connectivity index (χ3v) is 15.0. The minimum atomic E-state index is -0.437. The van der Waals surface area contributed by atoms with E-state index in [2.05, 4.69) is 34.6 Å². The molecule has 0 saturated heterocycles. The Balaban J connectivity index is 1.09. The lowest BCUT2D eigenvalue weighted by Gasteiger charge is -2.53. The maximum atomic E-state index is 13.1. The molecule has 5 fully saturated rings. The molecule has 0 radical (unpaired) electrons. The second-order valence-corrected chi connectivity index (χ2v) is 17.9. The van der Waals surface area contributed by atoms with Gasteiger partial charge in [0.2, 0.25) is 0 Å². The van der Waals surface area contributed by atoms with E-state index in [1.165, 1.54) is 71.1 Å². The van der Waals surface area contributed by atoms with E-state index in [-0.39, 0.29) is 24.3 Å². The number of ether oxygens (including phenoxy) is 4. The number of carbonyl (C=O) groups is 2. The number of hydrogen-bond donors (Lipinski definition) is 0. The van der Waals surface area contributed by atoms with Crippen molar-refractivity contribution in [1.29, 1.82) is 0 Å². The number of methoxy groups -OCH3 is 1. The van der Waals surface area contributed by atoms with Gasteiger partial charge < -0.3 is 18.9 Å². The van der Waals surface area contributed by atoms with Gasteiger partial charge in [0, 0.05) is 14.0 Å². The second-order valence-electron chi connectivity index (χ2n) is 17.9. The Morgan fingerprint density at radius 2 is 0.979 bits per heavy atom. The zero-order valence-corrected chi connectivity index (χ0v) is 31.2. The van der Waals surface area contributed by atoms with E-state index in [4.69, 9.17) is 18.9 Å². The second kappa shape index (κ2) is 16.2. The first-order chi connectivity index (χ1) is 22.4. The van der Waals surface area contributed by atoms with Gasteiger partial charge in [0.1, 0.15) is 18.3 Å². The fourth-order valence-corrected chi connectivity index (χ4v) is 11.8. The van der Waals surface area contributed by atoms with Crippen LogP contribution >= 0.6 is 0 Å². The quantitative estimate of drug-likeness (QED) is 0.230. The molecule has 5 saturated carbocycles. The van der Waals surface area contributed by atoms with E-state index in [0.717, 1.165) is 69.6 Å². The minimum absolute atomic E-state index is 0.0242. The molecule has 6 nitrogen and oxygen atoms in total. The highest BCUT2D eigenvalue weighted by atomic mass is 16.7. The monoisotopic (exact) mass is 659 g/mol. The molecule has 0 N–H and O–H groups in total. The van der Waals surface area contributed by atoms with Gasteiger partial charge in [-0.1, -0.05) is 53.9 Å². The highest BCUT2D eigenvalue weighted by Crippen LogP contribution is 2.57. The van der Waals surface area contributed by atoms with Crippen molar-refractivity contribution in [3.8, 4) is 0 Å². The first kappa shape index (κ1) is 37.0. The zero-order chi connectivity index (χ0) is 33.8. The SMILES string of the molecule is COC1CCC(C(C)(C)C2CCC(OC(=O)OC3CCC(C(C)(C4CCCCC4)C4CCC(OC(C)=O)CC4)CC3)C(C)C2)CC1C. The number of hydrogen-bond acceptors (Lipinski definition) is 6. The lowest BCUT2D eigenvalue weighted by molar-refractivity contribution is -0.149. The summed E-state index contributed by atoms with van der Waals surface area (Å²) in [5.74, 6) is 4.37. The standard InChI is InChI=1S/C41H70O6/c1-27-25-33(17-23-37(27)44-7)40(4,5)34-18-24-38(28(2)26-34)47-39(43)46-36-21-15-32(16-22-36)41(6,30-11-9-8-10-12-30)31-13-19-35(20-14-31)45-29(3)42/h27-28,30-38H,8-26H2,1-7H3. The molecule has 0 aliphatic heterocycles. The summed E-state index contributed by atoms with van der Waals surface area (Å²) in [4.78, 5) is 24.7. The minimum Gasteiger partial charge on any atom is -0.463 e. The van der Waals surface area contributed by atoms with Crippen molar-refractivity contribution in [2.45, 2.75) is 188 Å². The van der Waals surface area contributed by atoms with Gasteiger partial charge in [-0.2, -0.15) is 0 Å². The van der Waals surface area contributed by atoms with Crippen molar-refractivity contribution < 1.29 is 28.5 Å². The molecule has 47 heavy (non-hydrogen) atoms. The van der Waals surface area contributed by atoms with Gasteiger partial charge in [-0.3, -0.25) is 4.79 Å². The summed E-state index contributed by atoms with van der Waals surface area (Å²) >= 11 is 0. The van der Waals surface area contributed by atoms with E-state index in [1.807, 2.05) is 7.11 Å². The normalized spacial score (nSPS) is 39.0. The van der Waals surface area contributed by atoms with Crippen LogP contribution in [0.5, 0.6) is 0 Å². The summed E-state index contributed by atoms with van der Waals surface area (Å²) in [6.45, 7) is 13.8. The average Bonchev–Trinajstić information content (AvgIpc) is 3.06. The molecule has 0 bridgehead atoms. The summed E-state index contributed by atoms with van der Waals surface area (Å²) in [6.07, 6.45) is 22.2. The van der Waals surface area contributed by atoms with Gasteiger partial charge in [-0.05, 0) is 155 Å². The molecule has 6 heteroatoms. The largest absolute Gasteiger partial charge is 0.508 e. The van der Waals surface area contributed by atoms with Gasteiger partial charge >= 0.3 is 12.1 Å². The van der Waals surface area contributed by atoms with Crippen LogP contribution in [0.4, 0.5) is 4.79 Å². The van der Waals surface area contributed by atoms with Crippen molar-refractivity contribution in [2.75, 3.05) is 7.11 Å². The van der Waals surface area contributed by atoms with Crippen LogP contribution < -0.4 is 0 Å². The van der Waals surface area contributed by atoms with Crippen LogP contribution in [-0.2, 0) is 23.7 Å². The summed E-state index contributed by atoms with van der Waals surface area (Å²) < 4.78 is 23.5. The molecule has 0 heterocycles. The number of esters is 1. The van der Waals surface area contributed by atoms with Crippen LogP contribution in [0.25, 0.3) is 0 Å². The molecule has 0 aromatic carbocycles.